The van der Waals surface area contributed by atoms with E-state index in [0.29, 0.717) is 17.7 Å². The van der Waals surface area contributed by atoms with Gasteiger partial charge < -0.3 is 20.1 Å². The summed E-state index contributed by atoms with van der Waals surface area (Å²) in [5.41, 5.74) is 0. The van der Waals surface area contributed by atoms with Gasteiger partial charge in [-0.25, -0.2) is 0 Å². The maximum absolute atomic E-state index is 5.02. The number of anilines is 1. The lowest BCUT2D eigenvalue weighted by Gasteiger charge is -2.07. The van der Waals surface area contributed by atoms with Crippen molar-refractivity contribution in [3.63, 3.8) is 0 Å². The van der Waals surface area contributed by atoms with Crippen molar-refractivity contribution in [1.29, 1.82) is 0 Å². The van der Waals surface area contributed by atoms with Gasteiger partial charge in [0.2, 0.25) is 17.7 Å². The van der Waals surface area contributed by atoms with Crippen LogP contribution in [0.4, 0.5) is 5.95 Å². The topological polar surface area (TPSA) is 68.3 Å². The van der Waals surface area contributed by atoms with Crippen LogP contribution in [0.2, 0.25) is 0 Å². The van der Waals surface area contributed by atoms with Crippen LogP contribution in [0.25, 0.3) is 0 Å². The van der Waals surface area contributed by atoms with Gasteiger partial charge in [0.05, 0.1) is 20.3 Å². The van der Waals surface area contributed by atoms with Gasteiger partial charge in [-0.15, -0.1) is 0 Å². The van der Waals surface area contributed by atoms with Crippen LogP contribution in [-0.4, -0.2) is 44.3 Å². The van der Waals surface area contributed by atoms with Gasteiger partial charge in [-0.3, -0.25) is 0 Å². The third-order valence-electron chi connectivity index (χ3n) is 1.76. The minimum absolute atomic E-state index is 0.480. The average Bonchev–Trinajstić information content (AvgIpc) is 2.41. The number of hydrogen-bond donors (Lipinski definition) is 2. The van der Waals surface area contributed by atoms with Crippen LogP contribution >= 0.6 is 0 Å². The van der Waals surface area contributed by atoms with E-state index in [1.807, 2.05) is 20.9 Å². The van der Waals surface area contributed by atoms with E-state index in [0.717, 1.165) is 13.1 Å². The van der Waals surface area contributed by atoms with E-state index in [1.165, 1.54) is 0 Å². The normalized spacial score (nSPS) is 9.00. The van der Waals surface area contributed by atoms with E-state index in [4.69, 9.17) is 9.47 Å². The zero-order valence-electron chi connectivity index (χ0n) is 11.2. The van der Waals surface area contributed by atoms with E-state index in [2.05, 4.69) is 20.6 Å². The van der Waals surface area contributed by atoms with Crippen molar-refractivity contribution in [1.82, 2.24) is 15.3 Å². The molecule has 0 aliphatic heterocycles. The molecular formula is C11H22N4O2. The highest BCUT2D eigenvalue weighted by atomic mass is 16.5. The molecule has 0 fully saturated rings. The Morgan fingerprint density at radius 1 is 1.06 bits per heavy atom. The number of hydrogen-bond acceptors (Lipinski definition) is 6. The number of nitrogens with one attached hydrogen (secondary N) is 2. The highest BCUT2D eigenvalue weighted by Gasteiger charge is 2.03. The Balaban J connectivity index is 0.00000121. The molecule has 0 spiro atoms. The minimum atomic E-state index is 0.480. The maximum Gasteiger partial charge on any atom is 0.229 e. The molecule has 1 heterocycles. The van der Waals surface area contributed by atoms with Crippen LogP contribution in [-0.2, 0) is 0 Å². The molecule has 0 saturated heterocycles. The zero-order chi connectivity index (χ0) is 13.1. The Bertz CT molecular complexity index is 285. The molecule has 0 amide bonds. The van der Waals surface area contributed by atoms with E-state index < -0.39 is 0 Å². The number of likely N-dealkylation sites (N-methyl/N-ethyl adjacent to an activating group) is 1. The molecule has 0 atom stereocenters. The van der Waals surface area contributed by atoms with Gasteiger partial charge in [-0.1, -0.05) is 13.8 Å². The molecular weight excluding hydrogens is 220 g/mol. The summed E-state index contributed by atoms with van der Waals surface area (Å²) in [4.78, 5) is 8.24. The Hall–Kier alpha value is -1.56. The number of ether oxygens (including phenoxy) is 2. The molecule has 17 heavy (non-hydrogen) atoms. The van der Waals surface area contributed by atoms with Gasteiger partial charge >= 0.3 is 0 Å². The van der Waals surface area contributed by atoms with Crippen molar-refractivity contribution in [2.45, 2.75) is 13.8 Å². The first-order chi connectivity index (χ1) is 8.30. The predicted molar refractivity (Wildman–Crippen MR) is 68.9 cm³/mol. The Labute approximate surface area is 103 Å². The molecule has 1 aromatic rings. The smallest absolute Gasteiger partial charge is 0.229 e. The van der Waals surface area contributed by atoms with Crippen molar-refractivity contribution in [2.24, 2.45) is 0 Å². The van der Waals surface area contributed by atoms with Crippen molar-refractivity contribution in [3.8, 4) is 11.8 Å². The van der Waals surface area contributed by atoms with E-state index in [9.17, 15) is 0 Å². The quantitative estimate of drug-likeness (QED) is 0.729. The summed E-state index contributed by atoms with van der Waals surface area (Å²) in [7, 11) is 4.99. The second-order valence-electron chi connectivity index (χ2n) is 2.81. The molecule has 0 aliphatic rings. The standard InChI is InChI=1S/C9H16N4O2.C2H6/c1-10-4-5-11-9-12-7(14-2)6-8(13-9)15-3;1-2/h6,10H,4-5H2,1-3H3,(H,11,12,13);1-2H3. The summed E-state index contributed by atoms with van der Waals surface area (Å²) in [5.74, 6) is 1.46. The fourth-order valence-electron chi connectivity index (χ4n) is 0.991. The van der Waals surface area contributed by atoms with Crippen molar-refractivity contribution in [3.05, 3.63) is 6.07 Å². The summed E-state index contributed by atoms with van der Waals surface area (Å²) in [6, 6.07) is 1.63. The largest absolute Gasteiger partial charge is 0.481 e. The molecule has 2 N–H and O–H groups in total. The van der Waals surface area contributed by atoms with Crippen LogP contribution in [0.1, 0.15) is 13.8 Å². The van der Waals surface area contributed by atoms with Crippen LogP contribution in [0.5, 0.6) is 11.8 Å². The van der Waals surface area contributed by atoms with Gasteiger partial charge in [0.25, 0.3) is 0 Å². The second kappa shape index (κ2) is 9.65. The van der Waals surface area contributed by atoms with Gasteiger partial charge in [0.1, 0.15) is 0 Å². The highest BCUT2D eigenvalue weighted by Crippen LogP contribution is 2.16. The van der Waals surface area contributed by atoms with Crippen LogP contribution in [0, 0.1) is 0 Å². The van der Waals surface area contributed by atoms with Gasteiger partial charge in [0, 0.05) is 13.1 Å². The molecule has 0 bridgehead atoms. The number of methoxy groups -OCH3 is 2. The van der Waals surface area contributed by atoms with Crippen LogP contribution < -0.4 is 20.1 Å². The van der Waals surface area contributed by atoms with Crippen LogP contribution in [0.15, 0.2) is 6.07 Å². The van der Waals surface area contributed by atoms with Crippen molar-refractivity contribution >= 4 is 5.95 Å². The van der Waals surface area contributed by atoms with E-state index >= 15 is 0 Å². The van der Waals surface area contributed by atoms with Gasteiger partial charge in [0.15, 0.2) is 0 Å². The molecule has 98 valence electrons. The SMILES string of the molecule is CC.CNCCNc1nc(OC)cc(OC)n1. The summed E-state index contributed by atoms with van der Waals surface area (Å²) >= 11 is 0. The number of aromatic nitrogens is 2. The summed E-state index contributed by atoms with van der Waals surface area (Å²) < 4.78 is 10.0. The molecule has 6 heteroatoms. The second-order valence-corrected chi connectivity index (χ2v) is 2.81. The fourth-order valence-corrected chi connectivity index (χ4v) is 0.991. The first kappa shape index (κ1) is 15.4. The molecule has 0 radical (unpaired) electrons. The summed E-state index contributed by atoms with van der Waals surface area (Å²) in [6.07, 6.45) is 0. The van der Waals surface area contributed by atoms with Gasteiger partial charge in [-0.2, -0.15) is 9.97 Å². The lowest BCUT2D eigenvalue weighted by atomic mass is 10.5. The highest BCUT2D eigenvalue weighted by molar-refractivity contribution is 5.33. The predicted octanol–water partition coefficient (Wildman–Crippen LogP) is 1.15. The molecule has 0 aliphatic carbocycles. The third-order valence-corrected chi connectivity index (χ3v) is 1.76. The lowest BCUT2D eigenvalue weighted by molar-refractivity contribution is 0.373. The first-order valence-electron chi connectivity index (χ1n) is 5.65. The first-order valence-corrected chi connectivity index (χ1v) is 5.65. The third kappa shape index (κ3) is 5.91. The lowest BCUT2D eigenvalue weighted by Crippen LogP contribution is -2.18. The van der Waals surface area contributed by atoms with Crippen molar-refractivity contribution in [2.75, 3.05) is 39.7 Å². The number of nitrogens with zero attached hydrogens (tertiary/aromatic N) is 2. The Morgan fingerprint density at radius 3 is 2.00 bits per heavy atom. The molecule has 1 rings (SSSR count). The average molecular weight is 242 g/mol. The van der Waals surface area contributed by atoms with Gasteiger partial charge in [-0.05, 0) is 7.05 Å². The maximum atomic E-state index is 5.02. The monoisotopic (exact) mass is 242 g/mol. The Kier molecular flexibility index (Phi) is 8.77. The number of rotatable bonds is 6. The Morgan fingerprint density at radius 2 is 1.59 bits per heavy atom. The molecule has 1 aromatic heterocycles. The molecule has 0 aromatic carbocycles. The summed E-state index contributed by atoms with van der Waals surface area (Å²) in [5, 5.41) is 6.06. The van der Waals surface area contributed by atoms with E-state index in [1.54, 1.807) is 20.3 Å². The fraction of sp³-hybridized carbons (Fsp3) is 0.636. The zero-order valence-corrected chi connectivity index (χ0v) is 11.2. The molecule has 0 unspecified atom stereocenters. The minimum Gasteiger partial charge on any atom is -0.481 e. The summed E-state index contributed by atoms with van der Waals surface area (Å²) in [6.45, 7) is 5.58. The molecule has 6 nitrogen and oxygen atoms in total. The van der Waals surface area contributed by atoms with Crippen LogP contribution in [0.3, 0.4) is 0 Å². The van der Waals surface area contributed by atoms with E-state index in [-0.39, 0.29) is 0 Å². The van der Waals surface area contributed by atoms with Crippen molar-refractivity contribution < 1.29 is 9.47 Å². The molecule has 0 saturated carbocycles.